The van der Waals surface area contributed by atoms with E-state index in [1.807, 2.05) is 30.3 Å². The Hall–Kier alpha value is -1.53. The highest BCUT2D eigenvalue weighted by Crippen LogP contribution is 2.31. The summed E-state index contributed by atoms with van der Waals surface area (Å²) in [6.45, 7) is 2.00. The summed E-state index contributed by atoms with van der Waals surface area (Å²) in [6, 6.07) is 9.69. The first kappa shape index (κ1) is 14.9. The van der Waals surface area contributed by atoms with E-state index in [-0.39, 0.29) is 12.6 Å². The minimum absolute atomic E-state index is 0.106. The first-order valence-corrected chi connectivity index (χ1v) is 7.74. The van der Waals surface area contributed by atoms with Crippen LogP contribution in [0.3, 0.4) is 0 Å². The van der Waals surface area contributed by atoms with Crippen molar-refractivity contribution in [3.05, 3.63) is 45.1 Å². The smallest absolute Gasteiger partial charge is 0.255 e. The van der Waals surface area contributed by atoms with Crippen LogP contribution in [0.4, 0.5) is 5.69 Å². The summed E-state index contributed by atoms with van der Waals surface area (Å²) in [4.78, 5) is 11.9. The molecule has 106 valence electrons. The number of carbonyl (C=O) groups is 1. The van der Waals surface area contributed by atoms with Crippen LogP contribution in [0.25, 0.3) is 0 Å². The number of anilines is 1. The average Bonchev–Trinajstić information content (AvgIpc) is 2.84. The molecule has 0 aliphatic rings. The summed E-state index contributed by atoms with van der Waals surface area (Å²) in [5, 5.41) is 5.46. The second-order valence-corrected chi connectivity index (χ2v) is 6.08. The van der Waals surface area contributed by atoms with Gasteiger partial charge >= 0.3 is 0 Å². The number of thiophene rings is 1. The quantitative estimate of drug-likeness (QED) is 0.833. The number of hydrogen-bond acceptors (Lipinski definition) is 4. The molecule has 0 saturated carbocycles. The Morgan fingerprint density at radius 2 is 2.10 bits per heavy atom. The molecule has 1 heterocycles. The maximum absolute atomic E-state index is 10.6. The van der Waals surface area contributed by atoms with Crippen LogP contribution in [-0.4, -0.2) is 12.5 Å². The lowest BCUT2D eigenvalue weighted by molar-refractivity contribution is -0.119. The predicted molar refractivity (Wildman–Crippen MR) is 85.2 cm³/mol. The maximum atomic E-state index is 10.6. The lowest BCUT2D eigenvalue weighted by atomic mass is 10.2. The third kappa shape index (κ3) is 3.98. The van der Waals surface area contributed by atoms with E-state index < -0.39 is 5.91 Å². The largest absolute Gasteiger partial charge is 0.484 e. The highest BCUT2D eigenvalue weighted by Gasteiger charge is 2.10. The molecular weight excluding hydrogens is 340 g/mol. The molecule has 2 aromatic rings. The molecule has 1 amide bonds. The minimum atomic E-state index is -0.483. The number of primary amides is 1. The molecule has 1 unspecified atom stereocenters. The van der Waals surface area contributed by atoms with Gasteiger partial charge in [0.05, 0.1) is 6.04 Å². The van der Waals surface area contributed by atoms with Gasteiger partial charge in [-0.05, 0) is 58.6 Å². The minimum Gasteiger partial charge on any atom is -0.484 e. The van der Waals surface area contributed by atoms with Crippen molar-refractivity contribution >= 4 is 38.9 Å². The van der Waals surface area contributed by atoms with Gasteiger partial charge < -0.3 is 15.8 Å². The fraction of sp³-hybridized carbons (Fsp3) is 0.214. The molecule has 0 aliphatic carbocycles. The second-order valence-electron chi connectivity index (χ2n) is 4.28. The van der Waals surface area contributed by atoms with E-state index in [1.54, 1.807) is 11.3 Å². The normalized spacial score (nSPS) is 11.9. The fourth-order valence-electron chi connectivity index (χ4n) is 1.73. The Kier molecular flexibility index (Phi) is 5.03. The topological polar surface area (TPSA) is 64.3 Å². The van der Waals surface area contributed by atoms with E-state index in [2.05, 4.69) is 33.6 Å². The van der Waals surface area contributed by atoms with Crippen molar-refractivity contribution in [3.8, 4) is 5.75 Å². The number of amides is 1. The van der Waals surface area contributed by atoms with Gasteiger partial charge in [-0.1, -0.05) is 0 Å². The van der Waals surface area contributed by atoms with Crippen molar-refractivity contribution in [1.82, 2.24) is 0 Å². The zero-order valence-corrected chi connectivity index (χ0v) is 13.3. The molecule has 1 aromatic heterocycles. The zero-order chi connectivity index (χ0) is 14.5. The Morgan fingerprint density at radius 3 is 2.65 bits per heavy atom. The van der Waals surface area contributed by atoms with E-state index in [1.165, 1.54) is 4.88 Å². The molecule has 20 heavy (non-hydrogen) atoms. The van der Waals surface area contributed by atoms with Crippen LogP contribution < -0.4 is 15.8 Å². The van der Waals surface area contributed by atoms with Crippen molar-refractivity contribution in [2.24, 2.45) is 5.73 Å². The predicted octanol–water partition coefficient (Wildman–Crippen LogP) is 3.55. The molecule has 0 bridgehead atoms. The van der Waals surface area contributed by atoms with Crippen molar-refractivity contribution in [2.45, 2.75) is 13.0 Å². The molecule has 6 heteroatoms. The number of carbonyl (C=O) groups excluding carboxylic acids is 1. The van der Waals surface area contributed by atoms with E-state index in [4.69, 9.17) is 10.5 Å². The van der Waals surface area contributed by atoms with Gasteiger partial charge in [0, 0.05) is 15.0 Å². The van der Waals surface area contributed by atoms with Gasteiger partial charge in [0.2, 0.25) is 0 Å². The van der Waals surface area contributed by atoms with Crippen molar-refractivity contribution in [2.75, 3.05) is 11.9 Å². The Bertz CT molecular complexity index is 583. The van der Waals surface area contributed by atoms with Crippen LogP contribution in [0, 0.1) is 0 Å². The standard InChI is InChI=1S/C14H15BrN2O2S/c1-9(14-12(15)6-7-20-14)17-10-2-4-11(5-3-10)19-8-13(16)18/h2-7,9,17H,8H2,1H3,(H2,16,18). The van der Waals surface area contributed by atoms with E-state index >= 15 is 0 Å². The molecule has 1 atom stereocenters. The van der Waals surface area contributed by atoms with Gasteiger partial charge in [-0.2, -0.15) is 0 Å². The van der Waals surface area contributed by atoms with E-state index in [0.717, 1.165) is 10.2 Å². The molecule has 4 nitrogen and oxygen atoms in total. The van der Waals surface area contributed by atoms with Gasteiger partial charge in [0.25, 0.3) is 5.91 Å². The first-order chi connectivity index (χ1) is 9.56. The third-order valence-electron chi connectivity index (χ3n) is 2.66. The van der Waals surface area contributed by atoms with Crippen LogP contribution in [0.1, 0.15) is 17.8 Å². The lowest BCUT2D eigenvalue weighted by Gasteiger charge is -2.15. The summed E-state index contributed by atoms with van der Waals surface area (Å²) in [7, 11) is 0. The van der Waals surface area contributed by atoms with Gasteiger partial charge in [0.1, 0.15) is 5.75 Å². The molecule has 0 aliphatic heterocycles. The van der Waals surface area contributed by atoms with Crippen LogP contribution in [-0.2, 0) is 4.79 Å². The zero-order valence-electron chi connectivity index (χ0n) is 10.9. The second kappa shape index (κ2) is 6.76. The number of ether oxygens (including phenoxy) is 1. The number of rotatable bonds is 6. The number of nitrogens with two attached hydrogens (primary N) is 1. The maximum Gasteiger partial charge on any atom is 0.255 e. The van der Waals surface area contributed by atoms with Gasteiger partial charge in [0.15, 0.2) is 6.61 Å². The molecule has 0 fully saturated rings. The Balaban J connectivity index is 1.97. The van der Waals surface area contributed by atoms with Crippen LogP contribution in [0.2, 0.25) is 0 Å². The first-order valence-electron chi connectivity index (χ1n) is 6.07. The molecule has 1 aromatic carbocycles. The highest BCUT2D eigenvalue weighted by atomic mass is 79.9. The highest BCUT2D eigenvalue weighted by molar-refractivity contribution is 9.10. The number of halogens is 1. The summed E-state index contributed by atoms with van der Waals surface area (Å²) < 4.78 is 6.33. The summed E-state index contributed by atoms with van der Waals surface area (Å²) >= 11 is 5.24. The van der Waals surface area contributed by atoms with E-state index in [0.29, 0.717) is 5.75 Å². The lowest BCUT2D eigenvalue weighted by Crippen LogP contribution is -2.19. The van der Waals surface area contributed by atoms with Crippen LogP contribution in [0.15, 0.2) is 40.2 Å². The average molecular weight is 355 g/mol. The summed E-state index contributed by atoms with van der Waals surface area (Å²) in [5.74, 6) is 0.141. The van der Waals surface area contributed by atoms with Crippen LogP contribution >= 0.6 is 27.3 Å². The monoisotopic (exact) mass is 354 g/mol. The molecule has 3 N–H and O–H groups in total. The van der Waals surface area contributed by atoms with Crippen molar-refractivity contribution in [1.29, 1.82) is 0 Å². The fourth-order valence-corrected chi connectivity index (χ4v) is 3.46. The van der Waals surface area contributed by atoms with E-state index in [9.17, 15) is 4.79 Å². The summed E-state index contributed by atoms with van der Waals surface area (Å²) in [5.41, 5.74) is 6.01. The molecule has 0 radical (unpaired) electrons. The summed E-state index contributed by atoms with van der Waals surface area (Å²) in [6.07, 6.45) is 0. The number of hydrogen-bond donors (Lipinski definition) is 2. The van der Waals surface area contributed by atoms with Gasteiger partial charge in [-0.25, -0.2) is 0 Å². The Morgan fingerprint density at radius 1 is 1.40 bits per heavy atom. The Labute approximate surface area is 130 Å². The van der Waals surface area contributed by atoms with Gasteiger partial charge in [-0.3, -0.25) is 4.79 Å². The third-order valence-corrected chi connectivity index (χ3v) is 4.71. The van der Waals surface area contributed by atoms with Gasteiger partial charge in [-0.15, -0.1) is 11.3 Å². The molecule has 0 saturated heterocycles. The molecular formula is C14H15BrN2O2S. The van der Waals surface area contributed by atoms with Crippen molar-refractivity contribution < 1.29 is 9.53 Å². The van der Waals surface area contributed by atoms with Crippen molar-refractivity contribution in [3.63, 3.8) is 0 Å². The molecule has 0 spiro atoms. The number of benzene rings is 1. The SMILES string of the molecule is CC(Nc1ccc(OCC(N)=O)cc1)c1sccc1Br. The number of nitrogens with one attached hydrogen (secondary N) is 1. The van der Waals surface area contributed by atoms with Crippen LogP contribution in [0.5, 0.6) is 5.75 Å². The molecule has 2 rings (SSSR count).